The van der Waals surface area contributed by atoms with E-state index in [4.69, 9.17) is 0 Å². The van der Waals surface area contributed by atoms with Gasteiger partial charge in [0.25, 0.3) is 5.91 Å². The molecule has 2 rings (SSSR count). The summed E-state index contributed by atoms with van der Waals surface area (Å²) in [7, 11) is 0. The van der Waals surface area contributed by atoms with Crippen LogP contribution in [0.15, 0.2) is 53.8 Å². The first kappa shape index (κ1) is 10.2. The minimum absolute atomic E-state index is 0.219. The molecule has 0 bridgehead atoms. The molecule has 1 aromatic heterocycles. The van der Waals surface area contributed by atoms with Gasteiger partial charge in [-0.2, -0.15) is 5.10 Å². The molecule has 2 aromatic rings. The van der Waals surface area contributed by atoms with Gasteiger partial charge < -0.3 is 4.98 Å². The summed E-state index contributed by atoms with van der Waals surface area (Å²) < 4.78 is 0. The van der Waals surface area contributed by atoms with Crippen LogP contribution in [0.3, 0.4) is 0 Å². The summed E-state index contributed by atoms with van der Waals surface area (Å²) in [5, 5.41) is 3.83. The van der Waals surface area contributed by atoms with Gasteiger partial charge in [0.2, 0.25) is 0 Å². The molecule has 0 spiro atoms. The number of amides is 1. The molecule has 1 heterocycles. The molecule has 0 aliphatic carbocycles. The number of carbonyl (C=O) groups excluding carboxylic acids is 1. The van der Waals surface area contributed by atoms with Crippen LogP contribution >= 0.6 is 0 Å². The highest BCUT2D eigenvalue weighted by molar-refractivity contribution is 5.94. The molecule has 1 aromatic carbocycles. The smallest absolute Gasteiger partial charge is 0.271 e. The molecular formula is C12H11N3O. The minimum atomic E-state index is -0.219. The Labute approximate surface area is 93.0 Å². The molecule has 2 N–H and O–H groups in total. The van der Waals surface area contributed by atoms with Crippen molar-refractivity contribution in [3.63, 3.8) is 0 Å². The lowest BCUT2D eigenvalue weighted by molar-refractivity contribution is 0.0955. The zero-order chi connectivity index (χ0) is 11.2. The molecule has 0 saturated heterocycles. The number of nitrogens with one attached hydrogen (secondary N) is 2. The number of hydrazone groups is 1. The number of rotatable bonds is 3. The van der Waals surface area contributed by atoms with Crippen molar-refractivity contribution in [2.45, 2.75) is 0 Å². The highest BCUT2D eigenvalue weighted by Gasteiger charge is 2.01. The topological polar surface area (TPSA) is 57.2 Å². The summed E-state index contributed by atoms with van der Waals surface area (Å²) in [4.78, 5) is 14.5. The van der Waals surface area contributed by atoms with E-state index in [2.05, 4.69) is 15.5 Å². The van der Waals surface area contributed by atoms with Crippen LogP contribution < -0.4 is 5.43 Å². The van der Waals surface area contributed by atoms with Crippen LogP contribution in [0.5, 0.6) is 0 Å². The predicted octanol–water partition coefficient (Wildman–Crippen LogP) is 1.78. The number of benzene rings is 1. The van der Waals surface area contributed by atoms with Gasteiger partial charge in [-0.3, -0.25) is 4.79 Å². The first-order valence-corrected chi connectivity index (χ1v) is 4.88. The summed E-state index contributed by atoms with van der Waals surface area (Å²) in [6.07, 6.45) is 3.35. The van der Waals surface area contributed by atoms with Crippen molar-refractivity contribution in [3.05, 3.63) is 59.9 Å². The van der Waals surface area contributed by atoms with Gasteiger partial charge in [-0.15, -0.1) is 0 Å². The predicted molar refractivity (Wildman–Crippen MR) is 62.3 cm³/mol. The monoisotopic (exact) mass is 213 g/mol. The Kier molecular flexibility index (Phi) is 3.13. The Bertz CT molecular complexity index is 474. The Morgan fingerprint density at radius 3 is 2.69 bits per heavy atom. The number of aromatic amines is 1. The molecule has 0 fully saturated rings. The van der Waals surface area contributed by atoms with E-state index in [0.717, 1.165) is 5.69 Å². The van der Waals surface area contributed by atoms with Crippen LogP contribution in [-0.4, -0.2) is 17.1 Å². The summed E-state index contributed by atoms with van der Waals surface area (Å²) in [6, 6.07) is 12.7. The van der Waals surface area contributed by atoms with Gasteiger partial charge >= 0.3 is 0 Å². The maximum atomic E-state index is 11.5. The van der Waals surface area contributed by atoms with Crippen LogP contribution in [0.4, 0.5) is 0 Å². The molecule has 0 radical (unpaired) electrons. The van der Waals surface area contributed by atoms with Crippen molar-refractivity contribution in [2.75, 3.05) is 0 Å². The second-order valence-corrected chi connectivity index (χ2v) is 3.19. The van der Waals surface area contributed by atoms with Crippen molar-refractivity contribution in [3.8, 4) is 0 Å². The molecule has 0 saturated carbocycles. The normalized spacial score (nSPS) is 10.5. The van der Waals surface area contributed by atoms with Crippen molar-refractivity contribution < 1.29 is 4.79 Å². The fourth-order valence-electron chi connectivity index (χ4n) is 1.24. The number of hydrogen-bond donors (Lipinski definition) is 2. The Morgan fingerprint density at radius 2 is 2.00 bits per heavy atom. The lowest BCUT2D eigenvalue weighted by atomic mass is 10.2. The molecule has 80 valence electrons. The van der Waals surface area contributed by atoms with Gasteiger partial charge in [0.15, 0.2) is 0 Å². The van der Waals surface area contributed by atoms with Gasteiger partial charge in [0.05, 0.1) is 11.9 Å². The zero-order valence-electron chi connectivity index (χ0n) is 8.55. The maximum Gasteiger partial charge on any atom is 0.271 e. The van der Waals surface area contributed by atoms with Crippen molar-refractivity contribution in [1.82, 2.24) is 10.4 Å². The van der Waals surface area contributed by atoms with Gasteiger partial charge in [0.1, 0.15) is 0 Å². The van der Waals surface area contributed by atoms with E-state index in [1.807, 2.05) is 30.3 Å². The third kappa shape index (κ3) is 2.57. The van der Waals surface area contributed by atoms with Crippen LogP contribution in [0.25, 0.3) is 0 Å². The second kappa shape index (κ2) is 4.93. The van der Waals surface area contributed by atoms with E-state index in [1.165, 1.54) is 0 Å². The molecule has 4 nitrogen and oxygen atoms in total. The summed E-state index contributed by atoms with van der Waals surface area (Å²) in [5.74, 6) is -0.219. The summed E-state index contributed by atoms with van der Waals surface area (Å²) in [5.41, 5.74) is 3.88. The number of hydrogen-bond acceptors (Lipinski definition) is 2. The van der Waals surface area contributed by atoms with Gasteiger partial charge in [0, 0.05) is 11.8 Å². The maximum absolute atomic E-state index is 11.5. The van der Waals surface area contributed by atoms with Crippen molar-refractivity contribution in [1.29, 1.82) is 0 Å². The van der Waals surface area contributed by atoms with E-state index in [1.54, 1.807) is 24.5 Å². The Morgan fingerprint density at radius 1 is 1.19 bits per heavy atom. The Hall–Kier alpha value is -2.36. The molecule has 0 aliphatic rings. The van der Waals surface area contributed by atoms with Crippen LogP contribution in [-0.2, 0) is 0 Å². The third-order valence-electron chi connectivity index (χ3n) is 2.03. The molecule has 4 heteroatoms. The highest BCUT2D eigenvalue weighted by atomic mass is 16.2. The van der Waals surface area contributed by atoms with E-state index in [0.29, 0.717) is 5.56 Å². The fraction of sp³-hybridized carbons (Fsp3) is 0. The van der Waals surface area contributed by atoms with E-state index in [9.17, 15) is 4.79 Å². The lowest BCUT2D eigenvalue weighted by Crippen LogP contribution is -2.17. The quantitative estimate of drug-likeness (QED) is 0.592. The van der Waals surface area contributed by atoms with Crippen molar-refractivity contribution in [2.24, 2.45) is 5.10 Å². The largest absolute Gasteiger partial charge is 0.360 e. The van der Waals surface area contributed by atoms with E-state index < -0.39 is 0 Å². The van der Waals surface area contributed by atoms with Crippen LogP contribution in [0.2, 0.25) is 0 Å². The molecular weight excluding hydrogens is 202 g/mol. The third-order valence-corrected chi connectivity index (χ3v) is 2.03. The molecule has 0 unspecified atom stereocenters. The minimum Gasteiger partial charge on any atom is -0.360 e. The second-order valence-electron chi connectivity index (χ2n) is 3.19. The molecule has 1 amide bonds. The number of carbonyl (C=O) groups is 1. The summed E-state index contributed by atoms with van der Waals surface area (Å²) in [6.45, 7) is 0. The zero-order valence-corrected chi connectivity index (χ0v) is 8.55. The highest BCUT2D eigenvalue weighted by Crippen LogP contribution is 1.97. The Balaban J connectivity index is 1.94. The van der Waals surface area contributed by atoms with Gasteiger partial charge in [-0.05, 0) is 24.3 Å². The van der Waals surface area contributed by atoms with E-state index >= 15 is 0 Å². The SMILES string of the molecule is O=C(NN=Cc1ccc[nH]1)c1ccccc1. The lowest BCUT2D eigenvalue weighted by Gasteiger charge is -1.97. The first-order valence-electron chi connectivity index (χ1n) is 4.88. The average molecular weight is 213 g/mol. The molecule has 0 atom stereocenters. The standard InChI is InChI=1S/C12H11N3O/c16-12(10-5-2-1-3-6-10)15-14-9-11-7-4-8-13-11/h1-9,13H,(H,15,16). The summed E-state index contributed by atoms with van der Waals surface area (Å²) >= 11 is 0. The number of H-pyrrole nitrogens is 1. The number of aromatic nitrogens is 1. The molecule has 0 aliphatic heterocycles. The van der Waals surface area contributed by atoms with Gasteiger partial charge in [-0.1, -0.05) is 18.2 Å². The van der Waals surface area contributed by atoms with Gasteiger partial charge in [-0.25, -0.2) is 5.43 Å². The number of nitrogens with zero attached hydrogens (tertiary/aromatic N) is 1. The van der Waals surface area contributed by atoms with Crippen LogP contribution in [0, 0.1) is 0 Å². The van der Waals surface area contributed by atoms with E-state index in [-0.39, 0.29) is 5.91 Å². The average Bonchev–Trinajstić information content (AvgIpc) is 2.83. The fourth-order valence-corrected chi connectivity index (χ4v) is 1.24. The first-order chi connectivity index (χ1) is 7.86. The van der Waals surface area contributed by atoms with Crippen LogP contribution in [0.1, 0.15) is 16.1 Å². The molecule has 16 heavy (non-hydrogen) atoms. The van der Waals surface area contributed by atoms with Crippen molar-refractivity contribution >= 4 is 12.1 Å².